The van der Waals surface area contributed by atoms with Crippen molar-refractivity contribution in [2.45, 2.75) is 0 Å². The molecule has 1 radical (unpaired) electrons. The van der Waals surface area contributed by atoms with Crippen molar-refractivity contribution >= 4 is 24.0 Å². The van der Waals surface area contributed by atoms with Gasteiger partial charge in [-0.25, -0.2) is 0 Å². The first kappa shape index (κ1) is 10.5. The van der Waals surface area contributed by atoms with Gasteiger partial charge in [-0.1, -0.05) is 0 Å². The van der Waals surface area contributed by atoms with E-state index in [0.29, 0.717) is 6.54 Å². The van der Waals surface area contributed by atoms with Gasteiger partial charge in [0.25, 0.3) is 0 Å². The topological polar surface area (TPSA) is 49.4 Å². The number of carbonyl (C=O) groups is 1. The van der Waals surface area contributed by atoms with Crippen LogP contribution in [-0.4, -0.2) is 54.8 Å². The van der Waals surface area contributed by atoms with E-state index in [1.54, 1.807) is 6.29 Å². The number of nitrogens with one attached hydrogen (secondary N) is 1. The Hall–Kier alpha value is -0.550. The molecule has 73 valence electrons. The van der Waals surface area contributed by atoms with E-state index < -0.39 is 0 Å². The highest BCUT2D eigenvalue weighted by atomic mass is 32.2. The summed E-state index contributed by atoms with van der Waals surface area (Å²) in [5.41, 5.74) is 0. The fourth-order valence-electron chi connectivity index (χ4n) is 1.15. The summed E-state index contributed by atoms with van der Waals surface area (Å²) in [5.74, 6) is 2.09. The minimum atomic E-state index is -0.0877. The maximum Gasteiger partial charge on any atom is 0.234 e. The largest absolute Gasteiger partial charge is 0.347 e. The second-order valence-corrected chi connectivity index (χ2v) is 4.03. The summed E-state index contributed by atoms with van der Waals surface area (Å²) in [7, 11) is 0. The molecule has 0 bridgehead atoms. The fraction of sp³-hybridized carbons (Fsp3) is 0.750. The van der Waals surface area contributed by atoms with Gasteiger partial charge in [0.2, 0.25) is 12.2 Å². The molecule has 1 N–H and O–H groups in total. The van der Waals surface area contributed by atoms with E-state index in [0.717, 1.165) is 24.6 Å². The van der Waals surface area contributed by atoms with E-state index >= 15 is 0 Å². The predicted octanol–water partition coefficient (Wildman–Crippen LogP) is -0.739. The van der Waals surface area contributed by atoms with Crippen LogP contribution in [0.25, 0.3) is 0 Å². The van der Waals surface area contributed by atoms with Gasteiger partial charge >= 0.3 is 0 Å². The SMILES string of the molecule is O=[C]CNC(=O)CN1CCSCC1. The molecule has 0 aliphatic carbocycles. The number of nitrogens with zero attached hydrogens (tertiary/aromatic N) is 1. The van der Waals surface area contributed by atoms with Crippen LogP contribution in [0.4, 0.5) is 0 Å². The minimum Gasteiger partial charge on any atom is -0.347 e. The molecule has 1 aliphatic heterocycles. The molecule has 0 aromatic carbocycles. The van der Waals surface area contributed by atoms with Gasteiger partial charge in [0.15, 0.2) is 0 Å². The monoisotopic (exact) mass is 201 g/mol. The third-order valence-electron chi connectivity index (χ3n) is 1.83. The van der Waals surface area contributed by atoms with Gasteiger partial charge in [-0.2, -0.15) is 11.8 Å². The van der Waals surface area contributed by atoms with Gasteiger partial charge in [0.1, 0.15) is 0 Å². The first-order chi connectivity index (χ1) is 6.33. The van der Waals surface area contributed by atoms with E-state index in [9.17, 15) is 9.59 Å². The summed E-state index contributed by atoms with van der Waals surface area (Å²) in [6.45, 7) is 2.33. The Morgan fingerprint density at radius 1 is 1.46 bits per heavy atom. The van der Waals surface area contributed by atoms with Gasteiger partial charge in [0, 0.05) is 24.6 Å². The second-order valence-electron chi connectivity index (χ2n) is 2.81. The van der Waals surface area contributed by atoms with Crippen LogP contribution >= 0.6 is 11.8 Å². The summed E-state index contributed by atoms with van der Waals surface area (Å²) in [6, 6.07) is 0. The molecule has 0 saturated carbocycles. The van der Waals surface area contributed by atoms with Crippen molar-refractivity contribution in [3.05, 3.63) is 0 Å². The normalized spacial score (nSPS) is 18.2. The lowest BCUT2D eigenvalue weighted by molar-refractivity contribution is -0.121. The average molecular weight is 201 g/mol. The van der Waals surface area contributed by atoms with Gasteiger partial charge < -0.3 is 5.32 Å². The molecule has 0 atom stereocenters. The second kappa shape index (κ2) is 5.99. The molecule has 0 aromatic heterocycles. The molecule has 1 heterocycles. The van der Waals surface area contributed by atoms with Crippen molar-refractivity contribution < 1.29 is 9.59 Å². The summed E-state index contributed by atoms with van der Waals surface area (Å²) < 4.78 is 0. The average Bonchev–Trinajstić information content (AvgIpc) is 2.16. The van der Waals surface area contributed by atoms with Crippen LogP contribution in [0.2, 0.25) is 0 Å². The quantitative estimate of drug-likeness (QED) is 0.651. The lowest BCUT2D eigenvalue weighted by Gasteiger charge is -2.25. The highest BCUT2D eigenvalue weighted by Crippen LogP contribution is 2.07. The third-order valence-corrected chi connectivity index (χ3v) is 2.77. The van der Waals surface area contributed by atoms with Gasteiger partial charge in [-0.15, -0.1) is 0 Å². The van der Waals surface area contributed by atoms with E-state index in [2.05, 4.69) is 10.2 Å². The van der Waals surface area contributed by atoms with E-state index in [1.165, 1.54) is 0 Å². The molecule has 0 spiro atoms. The number of hydrogen-bond acceptors (Lipinski definition) is 4. The summed E-state index contributed by atoms with van der Waals surface area (Å²) in [4.78, 5) is 23.1. The van der Waals surface area contributed by atoms with Crippen LogP contribution in [0.15, 0.2) is 0 Å². The third kappa shape index (κ3) is 4.28. The first-order valence-electron chi connectivity index (χ1n) is 4.24. The van der Waals surface area contributed by atoms with E-state index in [4.69, 9.17) is 0 Å². The van der Waals surface area contributed by atoms with Crippen LogP contribution in [0.1, 0.15) is 0 Å². The molecule has 1 fully saturated rings. The smallest absolute Gasteiger partial charge is 0.234 e. The van der Waals surface area contributed by atoms with Crippen molar-refractivity contribution in [1.29, 1.82) is 0 Å². The van der Waals surface area contributed by atoms with Crippen LogP contribution in [0.5, 0.6) is 0 Å². The van der Waals surface area contributed by atoms with Gasteiger partial charge in [-0.05, 0) is 0 Å². The summed E-state index contributed by atoms with van der Waals surface area (Å²) >= 11 is 1.91. The molecule has 5 heteroatoms. The van der Waals surface area contributed by atoms with Crippen LogP contribution in [-0.2, 0) is 9.59 Å². The number of hydrogen-bond donors (Lipinski definition) is 1. The highest BCUT2D eigenvalue weighted by Gasteiger charge is 2.13. The fourth-order valence-corrected chi connectivity index (χ4v) is 2.13. The zero-order chi connectivity index (χ0) is 9.52. The van der Waals surface area contributed by atoms with E-state index in [-0.39, 0.29) is 12.5 Å². The molecule has 0 unspecified atom stereocenters. The Morgan fingerprint density at radius 3 is 2.77 bits per heavy atom. The lowest BCUT2D eigenvalue weighted by atomic mass is 10.4. The number of thioether (sulfide) groups is 1. The molecular formula is C8H13N2O2S. The van der Waals surface area contributed by atoms with Crippen molar-refractivity contribution in [2.24, 2.45) is 0 Å². The first-order valence-corrected chi connectivity index (χ1v) is 5.40. The Bertz CT molecular complexity index is 181. The Morgan fingerprint density at radius 2 is 2.15 bits per heavy atom. The van der Waals surface area contributed by atoms with E-state index in [1.807, 2.05) is 11.8 Å². The molecule has 0 aromatic rings. The molecule has 4 nitrogen and oxygen atoms in total. The molecule has 1 rings (SSSR count). The van der Waals surface area contributed by atoms with Crippen LogP contribution < -0.4 is 5.32 Å². The molecule has 1 saturated heterocycles. The maximum atomic E-state index is 11.1. The van der Waals surface area contributed by atoms with Crippen LogP contribution in [0, 0.1) is 0 Å². The van der Waals surface area contributed by atoms with Crippen molar-refractivity contribution in [3.63, 3.8) is 0 Å². The minimum absolute atomic E-state index is 0.00141. The maximum absolute atomic E-state index is 11.1. The van der Waals surface area contributed by atoms with Crippen molar-refractivity contribution in [2.75, 3.05) is 37.7 Å². The van der Waals surface area contributed by atoms with Gasteiger partial charge in [-0.3, -0.25) is 14.5 Å². The number of amides is 1. The lowest BCUT2D eigenvalue weighted by Crippen LogP contribution is -2.41. The van der Waals surface area contributed by atoms with Crippen LogP contribution in [0.3, 0.4) is 0 Å². The predicted molar refractivity (Wildman–Crippen MR) is 52.5 cm³/mol. The van der Waals surface area contributed by atoms with Gasteiger partial charge in [0.05, 0.1) is 13.1 Å². The Balaban J connectivity index is 2.14. The zero-order valence-electron chi connectivity index (χ0n) is 7.41. The summed E-state index contributed by atoms with van der Waals surface area (Å²) in [6.07, 6.45) is 1.63. The zero-order valence-corrected chi connectivity index (χ0v) is 8.23. The Kier molecular flexibility index (Phi) is 4.85. The number of carbonyl (C=O) groups excluding carboxylic acids is 2. The molecule has 1 amide bonds. The summed E-state index contributed by atoms with van der Waals surface area (Å²) in [5, 5.41) is 2.47. The molecule has 13 heavy (non-hydrogen) atoms. The van der Waals surface area contributed by atoms with Crippen molar-refractivity contribution in [1.82, 2.24) is 10.2 Å². The Labute approximate surface area is 82.0 Å². The van der Waals surface area contributed by atoms with Crippen molar-refractivity contribution in [3.8, 4) is 0 Å². The highest BCUT2D eigenvalue weighted by molar-refractivity contribution is 7.99. The molecular weight excluding hydrogens is 188 g/mol. The molecule has 1 aliphatic rings. The number of rotatable bonds is 4. The standard InChI is InChI=1S/C8H13N2O2S/c11-4-1-9-8(12)7-10-2-5-13-6-3-10/h1-3,5-7H2,(H,9,12).